The predicted molar refractivity (Wildman–Crippen MR) is 57.9 cm³/mol. The summed E-state index contributed by atoms with van der Waals surface area (Å²) in [5, 5.41) is 0.844. The molecule has 1 aliphatic rings. The SMILES string of the molecule is CC(=O)Cc1cc(Cl)c2c(c1)CCC2. The number of hydrogen-bond acceptors (Lipinski definition) is 1. The fraction of sp³-hybridized carbons (Fsp3) is 0.417. The van der Waals surface area contributed by atoms with E-state index in [1.54, 1.807) is 6.92 Å². The zero-order valence-corrected chi connectivity index (χ0v) is 9.03. The second-order valence-electron chi connectivity index (χ2n) is 3.95. The largest absolute Gasteiger partial charge is 0.300 e. The average Bonchev–Trinajstić information content (AvgIpc) is 2.50. The molecule has 0 fully saturated rings. The van der Waals surface area contributed by atoms with Gasteiger partial charge in [-0.3, -0.25) is 4.79 Å². The van der Waals surface area contributed by atoms with Crippen LogP contribution in [0.5, 0.6) is 0 Å². The van der Waals surface area contributed by atoms with E-state index in [-0.39, 0.29) is 5.78 Å². The van der Waals surface area contributed by atoms with Gasteiger partial charge in [-0.1, -0.05) is 17.7 Å². The van der Waals surface area contributed by atoms with Crippen LogP contribution in [0.25, 0.3) is 0 Å². The molecule has 0 amide bonds. The van der Waals surface area contributed by atoms with Crippen LogP contribution >= 0.6 is 11.6 Å². The van der Waals surface area contributed by atoms with Crippen molar-refractivity contribution in [1.29, 1.82) is 0 Å². The molecule has 1 aromatic rings. The fourth-order valence-corrected chi connectivity index (χ4v) is 2.46. The lowest BCUT2D eigenvalue weighted by Gasteiger charge is -2.05. The summed E-state index contributed by atoms with van der Waals surface area (Å²) in [4.78, 5) is 11.0. The molecular formula is C12H13ClO. The van der Waals surface area contributed by atoms with E-state index in [1.807, 2.05) is 6.07 Å². The fourth-order valence-electron chi connectivity index (χ4n) is 2.10. The number of halogens is 1. The molecule has 2 rings (SSSR count). The highest BCUT2D eigenvalue weighted by Crippen LogP contribution is 2.30. The molecule has 0 aliphatic heterocycles. The van der Waals surface area contributed by atoms with Gasteiger partial charge in [0.15, 0.2) is 0 Å². The van der Waals surface area contributed by atoms with E-state index >= 15 is 0 Å². The molecule has 1 nitrogen and oxygen atoms in total. The molecule has 0 heterocycles. The molecule has 0 aromatic heterocycles. The molecule has 14 heavy (non-hydrogen) atoms. The topological polar surface area (TPSA) is 17.1 Å². The zero-order valence-electron chi connectivity index (χ0n) is 8.27. The highest BCUT2D eigenvalue weighted by atomic mass is 35.5. The lowest BCUT2D eigenvalue weighted by atomic mass is 10.0. The van der Waals surface area contributed by atoms with Gasteiger partial charge in [-0.25, -0.2) is 0 Å². The van der Waals surface area contributed by atoms with Gasteiger partial charge in [-0.15, -0.1) is 0 Å². The van der Waals surface area contributed by atoms with Crippen molar-refractivity contribution in [2.45, 2.75) is 32.6 Å². The smallest absolute Gasteiger partial charge is 0.134 e. The molecule has 0 N–H and O–H groups in total. The predicted octanol–water partition coefficient (Wildman–Crippen LogP) is 2.96. The lowest BCUT2D eigenvalue weighted by molar-refractivity contribution is -0.116. The number of aryl methyl sites for hydroxylation is 1. The second-order valence-corrected chi connectivity index (χ2v) is 4.35. The van der Waals surface area contributed by atoms with Crippen LogP contribution in [-0.4, -0.2) is 5.78 Å². The van der Waals surface area contributed by atoms with Gasteiger partial charge in [0.1, 0.15) is 5.78 Å². The van der Waals surface area contributed by atoms with Crippen molar-refractivity contribution in [2.24, 2.45) is 0 Å². The third-order valence-corrected chi connectivity index (χ3v) is 3.01. The van der Waals surface area contributed by atoms with Gasteiger partial charge >= 0.3 is 0 Å². The Morgan fingerprint density at radius 3 is 2.93 bits per heavy atom. The number of benzene rings is 1. The monoisotopic (exact) mass is 208 g/mol. The first kappa shape index (κ1) is 9.72. The van der Waals surface area contributed by atoms with Crippen molar-refractivity contribution in [2.75, 3.05) is 0 Å². The molecule has 0 radical (unpaired) electrons. The van der Waals surface area contributed by atoms with Gasteiger partial charge in [0.05, 0.1) is 0 Å². The maximum atomic E-state index is 11.0. The summed E-state index contributed by atoms with van der Waals surface area (Å²) in [5.74, 6) is 0.194. The Bertz CT molecular complexity index is 382. The Labute approximate surface area is 89.1 Å². The summed E-state index contributed by atoms with van der Waals surface area (Å²) in [5.41, 5.74) is 3.69. The van der Waals surface area contributed by atoms with E-state index in [4.69, 9.17) is 11.6 Å². The third-order valence-electron chi connectivity index (χ3n) is 2.67. The van der Waals surface area contributed by atoms with Crippen molar-refractivity contribution >= 4 is 17.4 Å². The molecule has 1 aliphatic carbocycles. The average molecular weight is 209 g/mol. The minimum Gasteiger partial charge on any atom is -0.300 e. The standard InChI is InChI=1S/C12H13ClO/c1-8(14)5-9-6-10-3-2-4-11(10)12(13)7-9/h6-7H,2-5H2,1H3. The number of ketones is 1. The first-order valence-corrected chi connectivity index (χ1v) is 5.34. The van der Waals surface area contributed by atoms with Crippen molar-refractivity contribution in [3.63, 3.8) is 0 Å². The Morgan fingerprint density at radius 1 is 1.43 bits per heavy atom. The molecule has 0 unspecified atom stereocenters. The van der Waals surface area contributed by atoms with Crippen molar-refractivity contribution in [3.8, 4) is 0 Å². The molecular weight excluding hydrogens is 196 g/mol. The third kappa shape index (κ3) is 1.83. The van der Waals surface area contributed by atoms with E-state index in [0.717, 1.165) is 23.4 Å². The zero-order chi connectivity index (χ0) is 10.1. The molecule has 2 heteroatoms. The minimum absolute atomic E-state index is 0.194. The molecule has 1 aromatic carbocycles. The lowest BCUT2D eigenvalue weighted by Crippen LogP contribution is -1.98. The van der Waals surface area contributed by atoms with Gasteiger partial charge in [-0.05, 0) is 48.9 Å². The summed E-state index contributed by atoms with van der Waals surface area (Å²) in [6, 6.07) is 4.07. The first-order chi connectivity index (χ1) is 6.66. The quantitative estimate of drug-likeness (QED) is 0.731. The molecule has 74 valence electrons. The molecule has 0 saturated carbocycles. The van der Waals surface area contributed by atoms with Crippen LogP contribution in [0.4, 0.5) is 0 Å². The van der Waals surface area contributed by atoms with Crippen LogP contribution in [-0.2, 0) is 24.1 Å². The number of hydrogen-bond donors (Lipinski definition) is 0. The normalized spacial score (nSPS) is 14.1. The highest BCUT2D eigenvalue weighted by Gasteiger charge is 2.15. The number of carbonyl (C=O) groups is 1. The van der Waals surface area contributed by atoms with E-state index in [9.17, 15) is 4.79 Å². The van der Waals surface area contributed by atoms with Crippen molar-refractivity contribution < 1.29 is 4.79 Å². The number of rotatable bonds is 2. The number of fused-ring (bicyclic) bond motifs is 1. The van der Waals surface area contributed by atoms with Gasteiger partial charge in [0.25, 0.3) is 0 Å². The van der Waals surface area contributed by atoms with E-state index < -0.39 is 0 Å². The number of Topliss-reactive ketones (excluding diaryl/α,β-unsaturated/α-hetero) is 1. The van der Waals surface area contributed by atoms with Crippen LogP contribution in [0.1, 0.15) is 30.0 Å². The Hall–Kier alpha value is -0.820. The van der Waals surface area contributed by atoms with Gasteiger partial charge < -0.3 is 0 Å². The van der Waals surface area contributed by atoms with Crippen molar-refractivity contribution in [3.05, 3.63) is 33.8 Å². The van der Waals surface area contributed by atoms with Gasteiger partial charge in [0, 0.05) is 11.4 Å². The summed E-state index contributed by atoms with van der Waals surface area (Å²) < 4.78 is 0. The highest BCUT2D eigenvalue weighted by molar-refractivity contribution is 6.31. The Kier molecular flexibility index (Phi) is 2.60. The molecule has 0 atom stereocenters. The summed E-state index contributed by atoms with van der Waals surface area (Å²) in [7, 11) is 0. The Balaban J connectivity index is 2.36. The molecule has 0 saturated heterocycles. The van der Waals surface area contributed by atoms with Gasteiger partial charge in [0.2, 0.25) is 0 Å². The summed E-state index contributed by atoms with van der Waals surface area (Å²) in [6.45, 7) is 1.61. The van der Waals surface area contributed by atoms with E-state index in [1.165, 1.54) is 17.5 Å². The maximum absolute atomic E-state index is 11.0. The molecule has 0 spiro atoms. The van der Waals surface area contributed by atoms with Crippen LogP contribution in [0, 0.1) is 0 Å². The number of carbonyl (C=O) groups excluding carboxylic acids is 1. The maximum Gasteiger partial charge on any atom is 0.134 e. The van der Waals surface area contributed by atoms with Crippen LogP contribution in [0.2, 0.25) is 5.02 Å². The minimum atomic E-state index is 0.194. The second kappa shape index (κ2) is 3.74. The molecule has 0 bridgehead atoms. The Morgan fingerprint density at radius 2 is 2.21 bits per heavy atom. The summed E-state index contributed by atoms with van der Waals surface area (Å²) in [6.07, 6.45) is 3.90. The first-order valence-electron chi connectivity index (χ1n) is 4.96. The van der Waals surface area contributed by atoms with Crippen LogP contribution < -0.4 is 0 Å². The van der Waals surface area contributed by atoms with E-state index in [2.05, 4.69) is 6.07 Å². The van der Waals surface area contributed by atoms with Gasteiger partial charge in [-0.2, -0.15) is 0 Å². The van der Waals surface area contributed by atoms with Crippen LogP contribution in [0.15, 0.2) is 12.1 Å². The summed E-state index contributed by atoms with van der Waals surface area (Å²) >= 11 is 6.15. The van der Waals surface area contributed by atoms with Crippen molar-refractivity contribution in [1.82, 2.24) is 0 Å². The van der Waals surface area contributed by atoms with Crippen LogP contribution in [0.3, 0.4) is 0 Å². The van der Waals surface area contributed by atoms with E-state index in [0.29, 0.717) is 6.42 Å².